The minimum absolute atomic E-state index is 0.258. The molecule has 0 bridgehead atoms. The summed E-state index contributed by atoms with van der Waals surface area (Å²) in [6.45, 7) is 4.78. The van der Waals surface area contributed by atoms with E-state index in [9.17, 15) is 0 Å². The molecule has 1 aliphatic heterocycles. The Hall–Kier alpha value is -6.68. The maximum atomic E-state index is 2.55. The van der Waals surface area contributed by atoms with E-state index in [2.05, 4.69) is 218 Å². The van der Waals surface area contributed by atoms with Crippen molar-refractivity contribution in [1.29, 1.82) is 0 Å². The second-order valence-corrected chi connectivity index (χ2v) is 16.4. The molecule has 0 fully saturated rings. The second kappa shape index (κ2) is 12.7. The van der Waals surface area contributed by atoms with Crippen molar-refractivity contribution in [3.63, 3.8) is 0 Å². The van der Waals surface area contributed by atoms with Crippen LogP contribution in [0.15, 0.2) is 194 Å². The van der Waals surface area contributed by atoms with Crippen molar-refractivity contribution in [3.8, 4) is 11.1 Å². The third kappa shape index (κ3) is 4.94. The predicted octanol–water partition coefficient (Wildman–Crippen LogP) is 15.6. The molecule has 0 saturated carbocycles. The minimum Gasteiger partial charge on any atom is -0.308 e. The molecule has 266 valence electrons. The number of hydrogen-bond donors (Lipinski definition) is 0. The van der Waals surface area contributed by atoms with E-state index < -0.39 is 0 Å². The lowest BCUT2D eigenvalue weighted by atomic mass is 9.72. The zero-order valence-electron chi connectivity index (χ0n) is 31.3. The Balaban J connectivity index is 1.21. The molecule has 0 atom stereocenters. The van der Waals surface area contributed by atoms with Gasteiger partial charge in [0, 0.05) is 42.0 Å². The molecule has 0 radical (unpaired) electrons. The van der Waals surface area contributed by atoms with Gasteiger partial charge >= 0.3 is 0 Å². The number of hydrogen-bond acceptors (Lipinski definition) is 3. The van der Waals surface area contributed by atoms with Crippen LogP contribution in [0.5, 0.6) is 0 Å². The largest absolute Gasteiger partial charge is 0.308 e. The van der Waals surface area contributed by atoms with Crippen LogP contribution >= 0.6 is 11.3 Å². The Labute approximate surface area is 331 Å². The van der Waals surface area contributed by atoms with Crippen LogP contribution in [-0.2, 0) is 5.41 Å². The van der Waals surface area contributed by atoms with E-state index in [4.69, 9.17) is 0 Å². The average molecular weight is 735 g/mol. The van der Waals surface area contributed by atoms with E-state index in [1.54, 1.807) is 0 Å². The molecule has 0 unspecified atom stereocenters. The molecule has 2 heterocycles. The van der Waals surface area contributed by atoms with E-state index in [1.165, 1.54) is 75.3 Å². The van der Waals surface area contributed by atoms with Crippen LogP contribution in [-0.4, -0.2) is 0 Å². The molecule has 10 aromatic rings. The number of thiophene rings is 1. The highest BCUT2D eigenvalue weighted by Crippen LogP contribution is 2.57. The average Bonchev–Trinajstić information content (AvgIpc) is 3.64. The quantitative estimate of drug-likeness (QED) is 0.174. The van der Waals surface area contributed by atoms with Crippen molar-refractivity contribution in [1.82, 2.24) is 0 Å². The molecule has 0 aliphatic carbocycles. The first-order valence-electron chi connectivity index (χ1n) is 19.4. The van der Waals surface area contributed by atoms with E-state index >= 15 is 0 Å². The first-order valence-corrected chi connectivity index (χ1v) is 20.2. The topological polar surface area (TPSA) is 6.48 Å². The zero-order chi connectivity index (χ0) is 37.4. The van der Waals surface area contributed by atoms with Gasteiger partial charge in [-0.3, -0.25) is 0 Å². The van der Waals surface area contributed by atoms with Crippen LogP contribution in [0.25, 0.3) is 52.8 Å². The normalized spacial score (nSPS) is 13.3. The minimum atomic E-state index is -0.258. The molecule has 0 spiro atoms. The van der Waals surface area contributed by atoms with Crippen molar-refractivity contribution in [2.45, 2.75) is 19.3 Å². The number of benzene rings is 9. The third-order valence-corrected chi connectivity index (χ3v) is 13.0. The Morgan fingerprint density at radius 2 is 1.11 bits per heavy atom. The zero-order valence-corrected chi connectivity index (χ0v) is 32.1. The monoisotopic (exact) mass is 734 g/mol. The van der Waals surface area contributed by atoms with Crippen LogP contribution in [0.3, 0.4) is 0 Å². The first-order chi connectivity index (χ1) is 27.6. The van der Waals surface area contributed by atoms with E-state index in [0.717, 1.165) is 22.7 Å². The van der Waals surface area contributed by atoms with Gasteiger partial charge in [-0.15, -0.1) is 11.3 Å². The van der Waals surface area contributed by atoms with Gasteiger partial charge in [0.2, 0.25) is 0 Å². The van der Waals surface area contributed by atoms with Crippen LogP contribution in [0.2, 0.25) is 0 Å². The van der Waals surface area contributed by atoms with E-state index in [-0.39, 0.29) is 5.41 Å². The standard InChI is InChI=1S/C53H38N2S/c1-53(2)44-26-11-12-27-47(44)55(48-32-31-37(34-45(48)53)41-24-15-25-43-42-23-10-13-29-50(42)56-52(41)43)51-40-22-9-7-17-36(40)30-33-49(51)54(38-19-4-3-5-20-38)46-28-14-18-35-16-6-8-21-39(35)46/h3-34H,1-2H3. The molecule has 3 heteroatoms. The number of rotatable bonds is 5. The highest BCUT2D eigenvalue weighted by atomic mass is 32.1. The highest BCUT2D eigenvalue weighted by molar-refractivity contribution is 7.26. The van der Waals surface area contributed by atoms with Crippen molar-refractivity contribution >= 4 is 87.2 Å². The molecule has 0 N–H and O–H groups in total. The molecule has 1 aromatic heterocycles. The molecular weight excluding hydrogens is 697 g/mol. The van der Waals surface area contributed by atoms with Gasteiger partial charge in [0.15, 0.2) is 0 Å². The smallest absolute Gasteiger partial charge is 0.0781 e. The lowest BCUT2D eigenvalue weighted by Gasteiger charge is -2.44. The summed E-state index contributed by atoms with van der Waals surface area (Å²) in [6, 6.07) is 71.5. The summed E-state index contributed by atoms with van der Waals surface area (Å²) in [5.74, 6) is 0. The maximum absolute atomic E-state index is 2.55. The second-order valence-electron chi connectivity index (χ2n) is 15.3. The van der Waals surface area contributed by atoms with Gasteiger partial charge in [0.25, 0.3) is 0 Å². The summed E-state index contributed by atoms with van der Waals surface area (Å²) in [5.41, 5.74) is 11.8. The highest BCUT2D eigenvalue weighted by Gasteiger charge is 2.39. The molecule has 2 nitrogen and oxygen atoms in total. The number of anilines is 6. The van der Waals surface area contributed by atoms with Gasteiger partial charge in [-0.25, -0.2) is 0 Å². The van der Waals surface area contributed by atoms with Crippen molar-refractivity contribution in [2.24, 2.45) is 0 Å². The maximum Gasteiger partial charge on any atom is 0.0781 e. The molecule has 9 aromatic carbocycles. The Morgan fingerprint density at radius 3 is 1.96 bits per heavy atom. The van der Waals surface area contributed by atoms with Gasteiger partial charge in [0.05, 0.1) is 28.4 Å². The predicted molar refractivity (Wildman–Crippen MR) is 241 cm³/mol. The number of para-hydroxylation sites is 2. The van der Waals surface area contributed by atoms with Crippen LogP contribution in [0.1, 0.15) is 25.0 Å². The number of fused-ring (bicyclic) bond motifs is 7. The summed E-state index contributed by atoms with van der Waals surface area (Å²) < 4.78 is 2.66. The fourth-order valence-electron chi connectivity index (χ4n) is 9.13. The van der Waals surface area contributed by atoms with Crippen LogP contribution in [0, 0.1) is 0 Å². The van der Waals surface area contributed by atoms with Gasteiger partial charge in [0.1, 0.15) is 0 Å². The van der Waals surface area contributed by atoms with Gasteiger partial charge < -0.3 is 9.80 Å². The molecule has 1 aliphatic rings. The summed E-state index contributed by atoms with van der Waals surface area (Å²) in [6.07, 6.45) is 0. The van der Waals surface area contributed by atoms with Crippen molar-refractivity contribution < 1.29 is 0 Å². The lowest BCUT2D eigenvalue weighted by Crippen LogP contribution is -2.31. The molecule has 0 amide bonds. The fourth-order valence-corrected chi connectivity index (χ4v) is 10.4. The lowest BCUT2D eigenvalue weighted by molar-refractivity contribution is 0.632. The van der Waals surface area contributed by atoms with Gasteiger partial charge in [-0.2, -0.15) is 0 Å². The molecule has 0 saturated heterocycles. The van der Waals surface area contributed by atoms with Crippen molar-refractivity contribution in [3.05, 3.63) is 205 Å². The van der Waals surface area contributed by atoms with Crippen LogP contribution in [0.4, 0.5) is 34.1 Å². The third-order valence-electron chi connectivity index (χ3n) is 11.8. The van der Waals surface area contributed by atoms with Gasteiger partial charge in [-0.1, -0.05) is 159 Å². The first kappa shape index (κ1) is 32.7. The molecule has 11 rings (SSSR count). The SMILES string of the molecule is CC1(C)c2ccccc2N(c2c(N(c3ccccc3)c3cccc4ccccc34)ccc3ccccc23)c2ccc(-c3cccc4c3sc3ccccc34)cc21. The molecule has 56 heavy (non-hydrogen) atoms. The summed E-state index contributed by atoms with van der Waals surface area (Å²) >= 11 is 1.89. The summed E-state index contributed by atoms with van der Waals surface area (Å²) in [7, 11) is 0. The van der Waals surface area contributed by atoms with E-state index in [0.29, 0.717) is 0 Å². The Bertz CT molecular complexity index is 3130. The van der Waals surface area contributed by atoms with Crippen molar-refractivity contribution in [2.75, 3.05) is 9.80 Å². The Morgan fingerprint density at radius 1 is 0.464 bits per heavy atom. The molecular formula is C53H38N2S. The number of nitrogens with zero attached hydrogens (tertiary/aromatic N) is 2. The fraction of sp³-hybridized carbons (Fsp3) is 0.0566. The summed E-state index contributed by atoms with van der Waals surface area (Å²) in [5, 5.41) is 7.47. The van der Waals surface area contributed by atoms with Crippen LogP contribution < -0.4 is 9.80 Å². The summed E-state index contributed by atoms with van der Waals surface area (Å²) in [4.78, 5) is 5.02. The van der Waals surface area contributed by atoms with Gasteiger partial charge in [-0.05, 0) is 81.6 Å². The Kier molecular flexibility index (Phi) is 7.42. The van der Waals surface area contributed by atoms with E-state index in [1.807, 2.05) is 11.3 Å².